The molecular formula is C13H14BrFN2O2. The van der Waals surface area contributed by atoms with E-state index in [1.807, 2.05) is 13.8 Å². The molecule has 6 heteroatoms. The van der Waals surface area contributed by atoms with E-state index in [9.17, 15) is 9.50 Å². The number of hydrogen-bond donors (Lipinski definition) is 1. The van der Waals surface area contributed by atoms with Crippen LogP contribution in [0.3, 0.4) is 0 Å². The van der Waals surface area contributed by atoms with Crippen LogP contribution in [0.5, 0.6) is 0 Å². The van der Waals surface area contributed by atoms with Crippen molar-refractivity contribution in [1.29, 1.82) is 0 Å². The molecule has 0 amide bonds. The summed E-state index contributed by atoms with van der Waals surface area (Å²) in [6.45, 7) is 3.71. The summed E-state index contributed by atoms with van der Waals surface area (Å²) < 4.78 is 18.6. The summed E-state index contributed by atoms with van der Waals surface area (Å²) in [5.74, 6) is 0.188. The van der Waals surface area contributed by atoms with Crippen molar-refractivity contribution < 1.29 is 14.0 Å². The Morgan fingerprint density at radius 2 is 2.21 bits per heavy atom. The maximum Gasteiger partial charge on any atom is 0.232 e. The molecule has 2 atom stereocenters. The van der Waals surface area contributed by atoms with Crippen molar-refractivity contribution in [3.8, 4) is 11.4 Å². The molecule has 19 heavy (non-hydrogen) atoms. The molecule has 0 aliphatic carbocycles. The second-order valence-corrected chi connectivity index (χ2v) is 5.20. The summed E-state index contributed by atoms with van der Waals surface area (Å²) >= 11 is 3.11. The van der Waals surface area contributed by atoms with Crippen LogP contribution >= 0.6 is 15.9 Å². The highest BCUT2D eigenvalue weighted by Crippen LogP contribution is 2.26. The lowest BCUT2D eigenvalue weighted by molar-refractivity contribution is 0.129. The van der Waals surface area contributed by atoms with Crippen molar-refractivity contribution in [2.24, 2.45) is 0 Å². The number of hydrogen-bond acceptors (Lipinski definition) is 4. The quantitative estimate of drug-likeness (QED) is 0.932. The molecule has 0 bridgehead atoms. The van der Waals surface area contributed by atoms with E-state index < -0.39 is 6.10 Å². The lowest BCUT2D eigenvalue weighted by atomic mass is 10.0. The molecule has 1 heterocycles. The van der Waals surface area contributed by atoms with Crippen LogP contribution in [0.1, 0.15) is 32.1 Å². The molecule has 2 aromatic rings. The van der Waals surface area contributed by atoms with Crippen LogP contribution in [-0.2, 0) is 0 Å². The van der Waals surface area contributed by atoms with Crippen molar-refractivity contribution in [1.82, 2.24) is 10.1 Å². The van der Waals surface area contributed by atoms with Crippen LogP contribution in [0, 0.1) is 5.82 Å². The minimum Gasteiger partial charge on any atom is -0.392 e. The van der Waals surface area contributed by atoms with E-state index in [0.717, 1.165) is 0 Å². The largest absolute Gasteiger partial charge is 0.392 e. The predicted molar refractivity (Wildman–Crippen MR) is 72.1 cm³/mol. The average Bonchev–Trinajstić information content (AvgIpc) is 2.89. The lowest BCUT2D eigenvalue weighted by Gasteiger charge is -2.11. The SMILES string of the molecule is CCC(O)C(C)c1nc(-c2ccc(F)c(Br)c2)no1. The summed E-state index contributed by atoms with van der Waals surface area (Å²) in [5.41, 5.74) is 0.654. The topological polar surface area (TPSA) is 59.2 Å². The average molecular weight is 329 g/mol. The van der Waals surface area contributed by atoms with Gasteiger partial charge >= 0.3 is 0 Å². The number of aromatic nitrogens is 2. The Kier molecular flexibility index (Phi) is 4.31. The van der Waals surface area contributed by atoms with Gasteiger partial charge in [-0.05, 0) is 40.5 Å². The van der Waals surface area contributed by atoms with Gasteiger partial charge < -0.3 is 9.63 Å². The summed E-state index contributed by atoms with van der Waals surface area (Å²) in [5, 5.41) is 13.6. The molecule has 102 valence electrons. The fourth-order valence-electron chi connectivity index (χ4n) is 1.69. The van der Waals surface area contributed by atoms with E-state index in [1.165, 1.54) is 6.07 Å². The second-order valence-electron chi connectivity index (χ2n) is 4.35. The van der Waals surface area contributed by atoms with E-state index in [4.69, 9.17) is 4.52 Å². The molecule has 0 fully saturated rings. The van der Waals surface area contributed by atoms with Gasteiger partial charge in [0.25, 0.3) is 0 Å². The monoisotopic (exact) mass is 328 g/mol. The van der Waals surface area contributed by atoms with Gasteiger partial charge in [0.2, 0.25) is 11.7 Å². The Bertz CT molecular complexity index is 574. The van der Waals surface area contributed by atoms with Crippen LogP contribution in [0.25, 0.3) is 11.4 Å². The van der Waals surface area contributed by atoms with Crippen molar-refractivity contribution in [3.63, 3.8) is 0 Å². The molecule has 1 N–H and O–H groups in total. The van der Waals surface area contributed by atoms with Crippen LogP contribution in [0.2, 0.25) is 0 Å². The van der Waals surface area contributed by atoms with Gasteiger partial charge in [0, 0.05) is 5.56 Å². The van der Waals surface area contributed by atoms with Gasteiger partial charge in [0.1, 0.15) is 5.82 Å². The highest BCUT2D eigenvalue weighted by molar-refractivity contribution is 9.10. The number of halogens is 2. The maximum atomic E-state index is 13.2. The van der Waals surface area contributed by atoms with Gasteiger partial charge in [0.15, 0.2) is 0 Å². The molecule has 0 aliphatic rings. The minimum atomic E-state index is -0.520. The number of aliphatic hydroxyl groups excluding tert-OH is 1. The molecular weight excluding hydrogens is 315 g/mol. The predicted octanol–water partition coefficient (Wildman–Crippen LogP) is 3.51. The van der Waals surface area contributed by atoms with Gasteiger partial charge in [-0.1, -0.05) is 19.0 Å². The van der Waals surface area contributed by atoms with Gasteiger partial charge in [-0.25, -0.2) is 4.39 Å². The zero-order chi connectivity index (χ0) is 14.0. The third-order valence-corrected chi connectivity index (χ3v) is 3.61. The molecule has 1 aromatic heterocycles. The summed E-state index contributed by atoms with van der Waals surface area (Å²) in [6.07, 6.45) is 0.0919. The van der Waals surface area contributed by atoms with E-state index in [1.54, 1.807) is 12.1 Å². The third kappa shape index (κ3) is 3.01. The minimum absolute atomic E-state index is 0.227. The van der Waals surface area contributed by atoms with Crippen molar-refractivity contribution in [2.45, 2.75) is 32.3 Å². The molecule has 2 rings (SSSR count). The fraction of sp³-hybridized carbons (Fsp3) is 0.385. The zero-order valence-electron chi connectivity index (χ0n) is 10.6. The Morgan fingerprint density at radius 1 is 1.47 bits per heavy atom. The molecule has 4 nitrogen and oxygen atoms in total. The van der Waals surface area contributed by atoms with Gasteiger partial charge in [-0.15, -0.1) is 0 Å². The smallest absolute Gasteiger partial charge is 0.232 e. The number of rotatable bonds is 4. The van der Waals surface area contributed by atoms with Crippen LogP contribution in [0.4, 0.5) is 4.39 Å². The summed E-state index contributed by atoms with van der Waals surface area (Å²) in [6, 6.07) is 4.50. The summed E-state index contributed by atoms with van der Waals surface area (Å²) in [7, 11) is 0. The first-order valence-electron chi connectivity index (χ1n) is 6.00. The van der Waals surface area contributed by atoms with Crippen molar-refractivity contribution in [3.05, 3.63) is 34.4 Å². The fourth-order valence-corrected chi connectivity index (χ4v) is 2.07. The lowest BCUT2D eigenvalue weighted by Crippen LogP contribution is -2.14. The van der Waals surface area contributed by atoms with Crippen molar-refractivity contribution in [2.75, 3.05) is 0 Å². The molecule has 2 unspecified atom stereocenters. The number of nitrogens with zero attached hydrogens (tertiary/aromatic N) is 2. The van der Waals surface area contributed by atoms with Crippen LogP contribution < -0.4 is 0 Å². The Labute approximate surface area is 118 Å². The van der Waals surface area contributed by atoms with Crippen LogP contribution in [-0.4, -0.2) is 21.4 Å². The molecule has 1 aromatic carbocycles. The normalized spacial score (nSPS) is 14.4. The molecule has 0 spiro atoms. The maximum absolute atomic E-state index is 13.2. The van der Waals surface area contributed by atoms with Crippen LogP contribution in [0.15, 0.2) is 27.2 Å². The Balaban J connectivity index is 2.27. The van der Waals surface area contributed by atoms with E-state index in [0.29, 0.717) is 28.2 Å². The standard InChI is InChI=1S/C13H14BrFN2O2/c1-3-11(18)7(2)13-16-12(17-19-13)8-4-5-10(15)9(14)6-8/h4-7,11,18H,3H2,1-2H3. The van der Waals surface area contributed by atoms with E-state index in [-0.39, 0.29) is 11.7 Å². The molecule has 0 saturated heterocycles. The molecule has 0 radical (unpaired) electrons. The first-order chi connectivity index (χ1) is 9.02. The first kappa shape index (κ1) is 14.1. The third-order valence-electron chi connectivity index (χ3n) is 3.00. The van der Waals surface area contributed by atoms with Gasteiger partial charge in [0.05, 0.1) is 16.5 Å². The van der Waals surface area contributed by atoms with Crippen molar-refractivity contribution >= 4 is 15.9 Å². The Morgan fingerprint density at radius 3 is 2.84 bits per heavy atom. The van der Waals surface area contributed by atoms with E-state index in [2.05, 4.69) is 26.1 Å². The first-order valence-corrected chi connectivity index (χ1v) is 6.79. The highest BCUT2D eigenvalue weighted by atomic mass is 79.9. The Hall–Kier alpha value is -1.27. The van der Waals surface area contributed by atoms with E-state index >= 15 is 0 Å². The number of benzene rings is 1. The molecule has 0 saturated carbocycles. The van der Waals surface area contributed by atoms with Gasteiger partial charge in [-0.3, -0.25) is 0 Å². The van der Waals surface area contributed by atoms with Gasteiger partial charge in [-0.2, -0.15) is 4.98 Å². The molecule has 0 aliphatic heterocycles. The summed E-state index contributed by atoms with van der Waals surface area (Å²) in [4.78, 5) is 4.24. The second kappa shape index (κ2) is 5.79. The number of aliphatic hydroxyl groups is 1. The highest BCUT2D eigenvalue weighted by Gasteiger charge is 2.21. The zero-order valence-corrected chi connectivity index (χ0v) is 12.2.